The largest absolute Gasteiger partial charge is 0.294 e. The van der Waals surface area contributed by atoms with E-state index in [1.54, 1.807) is 6.21 Å². The number of hydrogen-bond acceptors (Lipinski definition) is 2. The fraction of sp³-hybridized carbons (Fsp3) is 0.241. The van der Waals surface area contributed by atoms with Crippen LogP contribution in [0.5, 0.6) is 0 Å². The third kappa shape index (κ3) is 4.16. The van der Waals surface area contributed by atoms with Crippen LogP contribution >= 0.6 is 0 Å². The van der Waals surface area contributed by atoms with E-state index < -0.39 is 0 Å². The lowest BCUT2D eigenvalue weighted by Crippen LogP contribution is -2.03. The topological polar surface area (TPSA) is 29.4 Å². The quantitative estimate of drug-likeness (QED) is 0.180. The Labute approximate surface area is 184 Å². The minimum Gasteiger partial charge on any atom is -0.294 e. The molecule has 0 saturated carbocycles. The molecule has 4 rings (SSSR count). The van der Waals surface area contributed by atoms with Crippen LogP contribution in [0.25, 0.3) is 21.5 Å². The molecule has 0 aliphatic carbocycles. The van der Waals surface area contributed by atoms with Crippen LogP contribution in [-0.2, 0) is 0 Å². The zero-order chi connectivity index (χ0) is 22.0. The third-order valence-corrected chi connectivity index (χ3v) is 5.89. The predicted molar refractivity (Wildman–Crippen MR) is 133 cm³/mol. The summed E-state index contributed by atoms with van der Waals surface area (Å²) in [5.41, 5.74) is 4.26. The van der Waals surface area contributed by atoms with Crippen LogP contribution < -0.4 is 0 Å². The molecule has 2 nitrogen and oxygen atoms in total. The number of carbonyl (C=O) groups is 1. The van der Waals surface area contributed by atoms with E-state index in [0.717, 1.165) is 32.8 Å². The fourth-order valence-electron chi connectivity index (χ4n) is 4.30. The second kappa shape index (κ2) is 8.85. The lowest BCUT2D eigenvalue weighted by atomic mass is 9.92. The predicted octanol–water partition coefficient (Wildman–Crippen LogP) is 8.22. The molecule has 0 spiro atoms. The maximum Gasteiger partial charge on any atom is 0.169 e. The van der Waals surface area contributed by atoms with Crippen molar-refractivity contribution >= 4 is 39.2 Å². The molecule has 4 aromatic carbocycles. The molecule has 31 heavy (non-hydrogen) atoms. The number of benzene rings is 4. The van der Waals surface area contributed by atoms with Crippen LogP contribution in [0.2, 0.25) is 0 Å². The van der Waals surface area contributed by atoms with E-state index in [-0.39, 0.29) is 12.2 Å². The second-order valence-electron chi connectivity index (χ2n) is 8.73. The first-order valence-corrected chi connectivity index (χ1v) is 11.1. The molecule has 0 unspecified atom stereocenters. The molecular weight excluding hydrogens is 378 g/mol. The SMILES string of the molecule is CC(C)c1cccc(C(C)C)c1N=CCC(=O)c1c2ccccc2cc2ccccc12. The Balaban J connectivity index is 1.74. The average Bonchev–Trinajstić information content (AvgIpc) is 2.77. The molecule has 0 bridgehead atoms. The summed E-state index contributed by atoms with van der Waals surface area (Å²) in [7, 11) is 0. The number of ketones is 1. The van der Waals surface area contributed by atoms with Gasteiger partial charge in [-0.25, -0.2) is 0 Å². The van der Waals surface area contributed by atoms with Crippen molar-refractivity contribution in [2.75, 3.05) is 0 Å². The van der Waals surface area contributed by atoms with Crippen LogP contribution in [0.15, 0.2) is 77.8 Å². The van der Waals surface area contributed by atoms with Gasteiger partial charge < -0.3 is 0 Å². The second-order valence-corrected chi connectivity index (χ2v) is 8.73. The zero-order valence-corrected chi connectivity index (χ0v) is 18.7. The van der Waals surface area contributed by atoms with Gasteiger partial charge in [-0.05, 0) is 50.6 Å². The molecule has 4 aromatic rings. The number of fused-ring (bicyclic) bond motifs is 2. The van der Waals surface area contributed by atoms with Crippen molar-refractivity contribution in [2.24, 2.45) is 4.99 Å². The summed E-state index contributed by atoms with van der Waals surface area (Å²) in [5, 5.41) is 4.19. The minimum absolute atomic E-state index is 0.102. The maximum absolute atomic E-state index is 13.4. The summed E-state index contributed by atoms with van der Waals surface area (Å²) in [5.74, 6) is 0.858. The molecule has 0 aliphatic heterocycles. The van der Waals surface area contributed by atoms with E-state index in [2.05, 4.69) is 64.1 Å². The van der Waals surface area contributed by atoms with E-state index in [9.17, 15) is 4.79 Å². The normalized spacial score (nSPS) is 11.9. The molecule has 0 saturated heterocycles. The molecule has 0 aromatic heterocycles. The molecule has 0 N–H and O–H groups in total. The molecule has 0 amide bonds. The van der Waals surface area contributed by atoms with Crippen molar-refractivity contribution in [3.8, 4) is 0 Å². The van der Waals surface area contributed by atoms with Crippen molar-refractivity contribution in [1.82, 2.24) is 0 Å². The van der Waals surface area contributed by atoms with Gasteiger partial charge in [0.05, 0.1) is 5.69 Å². The van der Waals surface area contributed by atoms with Gasteiger partial charge in [-0.1, -0.05) is 94.4 Å². The summed E-state index contributed by atoms with van der Waals surface area (Å²) < 4.78 is 0. The number of hydrogen-bond donors (Lipinski definition) is 0. The van der Waals surface area contributed by atoms with Crippen molar-refractivity contribution in [3.05, 3.63) is 89.5 Å². The Bertz CT molecular complexity index is 1200. The molecule has 0 aliphatic rings. The third-order valence-electron chi connectivity index (χ3n) is 5.89. The highest BCUT2D eigenvalue weighted by Gasteiger charge is 2.15. The Morgan fingerprint density at radius 1 is 0.774 bits per heavy atom. The number of rotatable bonds is 6. The Kier molecular flexibility index (Phi) is 5.99. The van der Waals surface area contributed by atoms with Crippen molar-refractivity contribution in [2.45, 2.75) is 46.0 Å². The first-order valence-electron chi connectivity index (χ1n) is 11.1. The molecule has 2 heteroatoms. The molecule has 0 radical (unpaired) electrons. The average molecular weight is 408 g/mol. The van der Waals surface area contributed by atoms with Gasteiger partial charge in [0.1, 0.15) is 0 Å². The number of Topliss-reactive ketones (excluding diaryl/α,β-unsaturated/α-hetero) is 1. The molecule has 0 heterocycles. The van der Waals surface area contributed by atoms with Gasteiger partial charge >= 0.3 is 0 Å². The highest BCUT2D eigenvalue weighted by molar-refractivity contribution is 6.21. The highest BCUT2D eigenvalue weighted by atomic mass is 16.1. The van der Waals surface area contributed by atoms with Crippen LogP contribution in [0, 0.1) is 0 Å². The summed E-state index contributed by atoms with van der Waals surface area (Å²) in [6.07, 6.45) is 2.08. The monoisotopic (exact) mass is 407 g/mol. The lowest BCUT2D eigenvalue weighted by molar-refractivity contribution is 0.100. The fourth-order valence-corrected chi connectivity index (χ4v) is 4.30. The van der Waals surface area contributed by atoms with Gasteiger partial charge in [-0.15, -0.1) is 0 Å². The standard InChI is InChI=1S/C29H29NO/c1-19(2)23-14-9-15-24(20(3)4)29(23)30-17-16-27(31)28-25-12-7-5-10-21(25)18-22-11-6-8-13-26(22)28/h5-15,17-20H,16H2,1-4H3. The van der Waals surface area contributed by atoms with Crippen LogP contribution in [0.1, 0.15) is 67.4 Å². The van der Waals surface area contributed by atoms with Gasteiger partial charge in [0.25, 0.3) is 0 Å². The molecule has 156 valence electrons. The molecular formula is C29H29NO. The lowest BCUT2D eigenvalue weighted by Gasteiger charge is -2.16. The Morgan fingerprint density at radius 3 is 1.81 bits per heavy atom. The summed E-state index contributed by atoms with van der Waals surface area (Å²) in [4.78, 5) is 18.2. The van der Waals surface area contributed by atoms with Crippen molar-refractivity contribution < 1.29 is 4.79 Å². The van der Waals surface area contributed by atoms with E-state index >= 15 is 0 Å². The first kappa shape index (κ1) is 21.0. The van der Waals surface area contributed by atoms with E-state index in [1.165, 1.54) is 11.1 Å². The van der Waals surface area contributed by atoms with E-state index in [0.29, 0.717) is 11.8 Å². The van der Waals surface area contributed by atoms with Crippen LogP contribution in [0.4, 0.5) is 5.69 Å². The number of aliphatic imine (C=N–C) groups is 1. The maximum atomic E-state index is 13.4. The van der Waals surface area contributed by atoms with Crippen molar-refractivity contribution in [3.63, 3.8) is 0 Å². The Hall–Kier alpha value is -3.26. The van der Waals surface area contributed by atoms with E-state index in [4.69, 9.17) is 4.99 Å². The van der Waals surface area contributed by atoms with Gasteiger partial charge in [0.15, 0.2) is 5.78 Å². The molecule has 0 fully saturated rings. The smallest absolute Gasteiger partial charge is 0.169 e. The number of para-hydroxylation sites is 1. The van der Waals surface area contributed by atoms with Gasteiger partial charge in [0, 0.05) is 18.2 Å². The zero-order valence-electron chi connectivity index (χ0n) is 18.7. The number of nitrogens with zero attached hydrogens (tertiary/aromatic N) is 1. The summed E-state index contributed by atoms with van der Waals surface area (Å²) in [6.45, 7) is 8.75. The first-order chi connectivity index (χ1) is 15.0. The van der Waals surface area contributed by atoms with Gasteiger partial charge in [0.2, 0.25) is 0 Å². The van der Waals surface area contributed by atoms with E-state index in [1.807, 2.05) is 36.4 Å². The highest BCUT2D eigenvalue weighted by Crippen LogP contribution is 2.35. The minimum atomic E-state index is 0.102. The summed E-state index contributed by atoms with van der Waals surface area (Å²) >= 11 is 0. The van der Waals surface area contributed by atoms with Crippen LogP contribution in [-0.4, -0.2) is 12.0 Å². The Morgan fingerprint density at radius 2 is 1.29 bits per heavy atom. The van der Waals surface area contributed by atoms with Gasteiger partial charge in [-0.2, -0.15) is 0 Å². The number of carbonyl (C=O) groups excluding carboxylic acids is 1. The molecule has 0 atom stereocenters. The summed E-state index contributed by atoms with van der Waals surface area (Å²) in [6, 6.07) is 24.8. The van der Waals surface area contributed by atoms with Gasteiger partial charge in [-0.3, -0.25) is 9.79 Å². The van der Waals surface area contributed by atoms with Crippen molar-refractivity contribution in [1.29, 1.82) is 0 Å². The van der Waals surface area contributed by atoms with Crippen LogP contribution in [0.3, 0.4) is 0 Å².